The van der Waals surface area contributed by atoms with E-state index >= 15 is 0 Å². The van der Waals surface area contributed by atoms with Crippen LogP contribution in [-0.4, -0.2) is 48.9 Å². The van der Waals surface area contributed by atoms with Crippen molar-refractivity contribution in [3.05, 3.63) is 0 Å². The lowest BCUT2D eigenvalue weighted by Gasteiger charge is -2.14. The first kappa shape index (κ1) is 12.4. The summed E-state index contributed by atoms with van der Waals surface area (Å²) >= 11 is 0. The largest absolute Gasteiger partial charge is 0.344 e. The molecule has 1 saturated carbocycles. The second kappa shape index (κ2) is 5.49. The van der Waals surface area contributed by atoms with Crippen molar-refractivity contribution in [2.24, 2.45) is 0 Å². The van der Waals surface area contributed by atoms with E-state index in [2.05, 4.69) is 10.6 Å². The van der Waals surface area contributed by atoms with Gasteiger partial charge in [0.25, 0.3) is 0 Å². The molecule has 2 aliphatic rings. The van der Waals surface area contributed by atoms with Gasteiger partial charge in [0.1, 0.15) is 6.04 Å². The smallest absolute Gasteiger partial charge is 0.244 e. The molecule has 0 aromatic carbocycles. The van der Waals surface area contributed by atoms with E-state index in [1.807, 2.05) is 0 Å². The molecule has 0 spiro atoms. The molecule has 1 unspecified atom stereocenters. The van der Waals surface area contributed by atoms with Crippen molar-refractivity contribution in [3.8, 4) is 0 Å². The molecule has 2 N–H and O–H groups in total. The standard InChI is InChI=1S/C12H21N3O2/c1-15-7-6-10(12(15)17)14-11(16)8-13-9-4-2-3-5-9/h9-10,13H,2-8H2,1H3,(H,14,16). The number of hydrogen-bond donors (Lipinski definition) is 2. The third-order valence-electron chi connectivity index (χ3n) is 3.67. The van der Waals surface area contributed by atoms with Gasteiger partial charge >= 0.3 is 0 Å². The van der Waals surface area contributed by atoms with Gasteiger partial charge in [0.15, 0.2) is 0 Å². The average Bonchev–Trinajstić information content (AvgIpc) is 2.92. The maximum absolute atomic E-state index is 11.7. The van der Waals surface area contributed by atoms with Gasteiger partial charge in [-0.3, -0.25) is 9.59 Å². The van der Waals surface area contributed by atoms with Crippen molar-refractivity contribution in [2.75, 3.05) is 20.1 Å². The van der Waals surface area contributed by atoms with Gasteiger partial charge in [0.2, 0.25) is 11.8 Å². The molecule has 1 saturated heterocycles. The van der Waals surface area contributed by atoms with Crippen LogP contribution in [0.5, 0.6) is 0 Å². The number of likely N-dealkylation sites (tertiary alicyclic amines) is 1. The fraction of sp³-hybridized carbons (Fsp3) is 0.833. The predicted octanol–water partition coefficient (Wildman–Crippen LogP) is -0.134. The van der Waals surface area contributed by atoms with Gasteiger partial charge in [0, 0.05) is 19.6 Å². The Hall–Kier alpha value is -1.10. The molecule has 2 fully saturated rings. The summed E-state index contributed by atoms with van der Waals surface area (Å²) in [6, 6.07) is 0.181. The highest BCUT2D eigenvalue weighted by atomic mass is 16.2. The molecule has 0 aromatic rings. The molecule has 1 aliphatic heterocycles. The Balaban J connectivity index is 1.68. The number of rotatable bonds is 4. The van der Waals surface area contributed by atoms with Crippen LogP contribution in [0.2, 0.25) is 0 Å². The first-order valence-electron chi connectivity index (χ1n) is 6.44. The van der Waals surface area contributed by atoms with Crippen LogP contribution in [0.1, 0.15) is 32.1 Å². The normalized spacial score (nSPS) is 25.6. The molecule has 5 nitrogen and oxygen atoms in total. The number of hydrogen-bond acceptors (Lipinski definition) is 3. The minimum atomic E-state index is -0.308. The molecule has 2 amide bonds. The molecule has 2 rings (SSSR count). The lowest BCUT2D eigenvalue weighted by Crippen LogP contribution is -2.45. The van der Waals surface area contributed by atoms with Crippen LogP contribution < -0.4 is 10.6 Å². The Labute approximate surface area is 102 Å². The fourth-order valence-corrected chi connectivity index (χ4v) is 2.57. The topological polar surface area (TPSA) is 61.4 Å². The second-order valence-corrected chi connectivity index (χ2v) is 5.03. The van der Waals surface area contributed by atoms with Crippen molar-refractivity contribution in [3.63, 3.8) is 0 Å². The van der Waals surface area contributed by atoms with Gasteiger partial charge in [0.05, 0.1) is 6.54 Å². The van der Waals surface area contributed by atoms with Crippen molar-refractivity contribution in [2.45, 2.75) is 44.2 Å². The highest BCUT2D eigenvalue weighted by Crippen LogP contribution is 2.17. The molecule has 17 heavy (non-hydrogen) atoms. The van der Waals surface area contributed by atoms with Crippen LogP contribution in [0, 0.1) is 0 Å². The second-order valence-electron chi connectivity index (χ2n) is 5.03. The maximum Gasteiger partial charge on any atom is 0.244 e. The molecular weight excluding hydrogens is 218 g/mol. The van der Waals surface area contributed by atoms with Crippen LogP contribution in [0.4, 0.5) is 0 Å². The third kappa shape index (κ3) is 3.19. The summed E-state index contributed by atoms with van der Waals surface area (Å²) in [6.45, 7) is 1.07. The van der Waals surface area contributed by atoms with E-state index < -0.39 is 0 Å². The first-order chi connectivity index (χ1) is 8.16. The van der Waals surface area contributed by atoms with Crippen LogP contribution in [-0.2, 0) is 9.59 Å². The number of nitrogens with zero attached hydrogens (tertiary/aromatic N) is 1. The van der Waals surface area contributed by atoms with E-state index in [-0.39, 0.29) is 17.9 Å². The molecule has 1 heterocycles. The summed E-state index contributed by atoms with van der Waals surface area (Å²) in [6.07, 6.45) is 5.57. The first-order valence-corrected chi connectivity index (χ1v) is 6.44. The van der Waals surface area contributed by atoms with Crippen molar-refractivity contribution in [1.82, 2.24) is 15.5 Å². The number of nitrogens with one attached hydrogen (secondary N) is 2. The minimum absolute atomic E-state index is 0.0271. The molecular formula is C12H21N3O2. The van der Waals surface area contributed by atoms with Crippen molar-refractivity contribution < 1.29 is 9.59 Å². The monoisotopic (exact) mass is 239 g/mol. The molecule has 96 valence electrons. The summed E-state index contributed by atoms with van der Waals surface area (Å²) < 4.78 is 0. The van der Waals surface area contributed by atoms with E-state index in [1.165, 1.54) is 25.7 Å². The third-order valence-corrected chi connectivity index (χ3v) is 3.67. The van der Waals surface area contributed by atoms with Gasteiger partial charge in [-0.05, 0) is 19.3 Å². The predicted molar refractivity (Wildman–Crippen MR) is 64.4 cm³/mol. The van der Waals surface area contributed by atoms with Crippen molar-refractivity contribution >= 4 is 11.8 Å². The van der Waals surface area contributed by atoms with Crippen LogP contribution in [0.3, 0.4) is 0 Å². The van der Waals surface area contributed by atoms with E-state index in [0.717, 1.165) is 13.0 Å². The zero-order chi connectivity index (χ0) is 12.3. The summed E-state index contributed by atoms with van der Waals surface area (Å²) in [5.74, 6) is -0.0373. The SMILES string of the molecule is CN1CCC(NC(=O)CNC2CCCC2)C1=O. The number of carbonyl (C=O) groups is 2. The number of amides is 2. The number of likely N-dealkylation sites (N-methyl/N-ethyl adjacent to an activating group) is 1. The summed E-state index contributed by atoms with van der Waals surface area (Å²) in [5.41, 5.74) is 0. The maximum atomic E-state index is 11.7. The van der Waals surface area contributed by atoms with Gasteiger partial charge in [-0.25, -0.2) is 0 Å². The fourth-order valence-electron chi connectivity index (χ4n) is 2.57. The Morgan fingerprint density at radius 2 is 2.06 bits per heavy atom. The molecule has 0 aromatic heterocycles. The molecule has 5 heteroatoms. The van der Waals surface area contributed by atoms with E-state index in [1.54, 1.807) is 11.9 Å². The Bertz CT molecular complexity index is 300. The lowest BCUT2D eigenvalue weighted by atomic mass is 10.2. The van der Waals surface area contributed by atoms with Crippen LogP contribution in [0.25, 0.3) is 0 Å². The molecule has 1 aliphatic carbocycles. The lowest BCUT2D eigenvalue weighted by molar-refractivity contribution is -0.131. The van der Waals surface area contributed by atoms with E-state index in [4.69, 9.17) is 0 Å². The van der Waals surface area contributed by atoms with E-state index in [9.17, 15) is 9.59 Å². The van der Waals surface area contributed by atoms with Gasteiger partial charge in [-0.1, -0.05) is 12.8 Å². The van der Waals surface area contributed by atoms with Gasteiger partial charge in [-0.2, -0.15) is 0 Å². The highest BCUT2D eigenvalue weighted by molar-refractivity contribution is 5.89. The van der Waals surface area contributed by atoms with Crippen LogP contribution >= 0.6 is 0 Å². The quantitative estimate of drug-likeness (QED) is 0.718. The Morgan fingerprint density at radius 1 is 1.35 bits per heavy atom. The zero-order valence-electron chi connectivity index (χ0n) is 10.4. The van der Waals surface area contributed by atoms with Gasteiger partial charge < -0.3 is 15.5 Å². The minimum Gasteiger partial charge on any atom is -0.344 e. The van der Waals surface area contributed by atoms with Crippen molar-refractivity contribution in [1.29, 1.82) is 0 Å². The Kier molecular flexibility index (Phi) is 3.99. The molecule has 0 radical (unpaired) electrons. The van der Waals surface area contributed by atoms with Gasteiger partial charge in [-0.15, -0.1) is 0 Å². The highest BCUT2D eigenvalue weighted by Gasteiger charge is 2.30. The summed E-state index contributed by atoms with van der Waals surface area (Å²) in [4.78, 5) is 24.9. The zero-order valence-corrected chi connectivity index (χ0v) is 10.4. The number of carbonyl (C=O) groups excluding carboxylic acids is 2. The summed E-state index contributed by atoms with van der Waals surface area (Å²) in [7, 11) is 1.77. The summed E-state index contributed by atoms with van der Waals surface area (Å²) in [5, 5.41) is 6.03. The Morgan fingerprint density at radius 3 is 2.65 bits per heavy atom. The molecule has 1 atom stereocenters. The molecule has 0 bridgehead atoms. The average molecular weight is 239 g/mol. The van der Waals surface area contributed by atoms with E-state index in [0.29, 0.717) is 12.6 Å². The van der Waals surface area contributed by atoms with Crippen LogP contribution in [0.15, 0.2) is 0 Å².